The molecule has 0 aliphatic rings. The number of hydrogen-bond donors (Lipinski definition) is 8. The second-order valence-electron chi connectivity index (χ2n) is 8.61. The average molecular weight is 787 g/mol. The first-order chi connectivity index (χ1) is 20.9. The van der Waals surface area contributed by atoms with E-state index in [4.69, 9.17) is 40.9 Å². The van der Waals surface area contributed by atoms with Crippen LogP contribution < -0.4 is 0 Å². The number of aliphatic hydroxyl groups excluding tert-OH is 4. The molecule has 4 aromatic carbocycles. The monoisotopic (exact) mass is 788 g/mol. The first-order valence-corrected chi connectivity index (χ1v) is 12.7. The van der Waals surface area contributed by atoms with Crippen molar-refractivity contribution in [3.63, 3.8) is 0 Å². The van der Waals surface area contributed by atoms with E-state index in [-0.39, 0.29) is 25.8 Å². The van der Waals surface area contributed by atoms with E-state index < -0.39 is 48.3 Å². The molecule has 8 N–H and O–H groups in total. The van der Waals surface area contributed by atoms with Gasteiger partial charge in [0.1, 0.15) is 0 Å². The second kappa shape index (κ2) is 22.0. The van der Waals surface area contributed by atoms with Crippen molar-refractivity contribution in [2.24, 2.45) is 0 Å². The molecule has 0 fully saturated rings. The summed E-state index contributed by atoms with van der Waals surface area (Å²) >= 11 is 0. The van der Waals surface area contributed by atoms with Crippen LogP contribution in [0.3, 0.4) is 0 Å². The number of carboxylic acids is 4. The van der Waals surface area contributed by atoms with Gasteiger partial charge in [-0.3, -0.25) is 0 Å². The quantitative estimate of drug-likeness (QED) is 0.121. The number of hydrogen-bond acceptors (Lipinski definition) is 8. The van der Waals surface area contributed by atoms with Crippen LogP contribution >= 0.6 is 0 Å². The zero-order valence-electron chi connectivity index (χ0n) is 23.6. The van der Waals surface area contributed by atoms with E-state index in [1.807, 2.05) is 0 Å². The second-order valence-corrected chi connectivity index (χ2v) is 8.61. The molecule has 0 radical (unpaired) electrons. The predicted molar refractivity (Wildman–Crippen MR) is 156 cm³/mol. The molecule has 45 heavy (non-hydrogen) atoms. The molecule has 4 unspecified atom stereocenters. The molecule has 0 heterocycles. The third-order valence-corrected chi connectivity index (χ3v) is 5.40. The van der Waals surface area contributed by atoms with Crippen molar-refractivity contribution < 1.29 is 85.9 Å². The maximum atomic E-state index is 10.2. The third kappa shape index (κ3) is 15.7. The summed E-state index contributed by atoms with van der Waals surface area (Å²) in [5.74, 6) is -4.90. The van der Waals surface area contributed by atoms with Crippen LogP contribution in [0.15, 0.2) is 121 Å². The van der Waals surface area contributed by atoms with Gasteiger partial charge in [-0.2, -0.15) is 0 Å². The largest absolute Gasteiger partial charge is 0.479 e. The summed E-state index contributed by atoms with van der Waals surface area (Å²) in [6.45, 7) is 0. The fraction of sp³-hybridized carbons (Fsp3) is 0.125. The van der Waals surface area contributed by atoms with Gasteiger partial charge >= 0.3 is 23.9 Å². The Morgan fingerprint density at radius 2 is 0.467 bits per heavy atom. The summed E-state index contributed by atoms with van der Waals surface area (Å²) in [5, 5.41) is 69.5. The van der Waals surface area contributed by atoms with Crippen molar-refractivity contribution in [2.75, 3.05) is 0 Å². The van der Waals surface area contributed by atoms with Crippen LogP contribution in [0.1, 0.15) is 46.7 Å². The number of rotatable bonds is 8. The van der Waals surface area contributed by atoms with Gasteiger partial charge in [-0.15, -0.1) is 0 Å². The van der Waals surface area contributed by atoms with E-state index in [2.05, 4.69) is 0 Å². The summed E-state index contributed by atoms with van der Waals surface area (Å²) in [4.78, 5) is 41.0. The standard InChI is InChI=1S/4C8H8O3.Hf/c4*9-7(8(10)11)6-4-2-1-3-5-6;/h4*1-5,7,9H,(H,10,11);. The molecule has 0 aromatic heterocycles. The van der Waals surface area contributed by atoms with Gasteiger partial charge in [0.25, 0.3) is 0 Å². The van der Waals surface area contributed by atoms with Gasteiger partial charge in [0.2, 0.25) is 0 Å². The smallest absolute Gasteiger partial charge is 0.337 e. The van der Waals surface area contributed by atoms with E-state index in [1.54, 1.807) is 121 Å². The summed E-state index contributed by atoms with van der Waals surface area (Å²) in [6, 6.07) is 33.1. The van der Waals surface area contributed by atoms with Gasteiger partial charge in [0.05, 0.1) is 0 Å². The summed E-state index contributed by atoms with van der Waals surface area (Å²) in [7, 11) is 0. The fourth-order valence-electron chi connectivity index (χ4n) is 3.11. The molecule has 4 aromatic rings. The van der Waals surface area contributed by atoms with Crippen LogP contribution in [-0.4, -0.2) is 64.7 Å². The number of carboxylic acid groups (broad SMARTS) is 4. The third-order valence-electron chi connectivity index (χ3n) is 5.40. The minimum absolute atomic E-state index is 0. The molecule has 0 saturated heterocycles. The van der Waals surface area contributed by atoms with E-state index in [9.17, 15) is 19.2 Å². The van der Waals surface area contributed by atoms with Crippen LogP contribution in [0.25, 0.3) is 0 Å². The predicted octanol–water partition coefficient (Wildman–Crippen LogP) is 3.22. The molecule has 0 aliphatic carbocycles. The summed E-state index contributed by atoms with van der Waals surface area (Å²) < 4.78 is 0. The summed E-state index contributed by atoms with van der Waals surface area (Å²) in [6.07, 6.45) is -5.63. The molecule has 4 atom stereocenters. The van der Waals surface area contributed by atoms with Gasteiger partial charge < -0.3 is 40.9 Å². The number of benzene rings is 4. The van der Waals surface area contributed by atoms with Crippen LogP contribution in [0.2, 0.25) is 0 Å². The van der Waals surface area contributed by atoms with E-state index in [1.165, 1.54) is 0 Å². The molecule has 0 aliphatic heterocycles. The molecule has 0 amide bonds. The van der Waals surface area contributed by atoms with Crippen molar-refractivity contribution in [1.29, 1.82) is 0 Å². The van der Waals surface area contributed by atoms with Crippen LogP contribution in [0.4, 0.5) is 0 Å². The van der Waals surface area contributed by atoms with Gasteiger partial charge in [-0.1, -0.05) is 121 Å². The number of carbonyl (C=O) groups is 4. The SMILES string of the molecule is O=C(O)C(O)c1ccccc1.O=C(O)C(O)c1ccccc1.O=C(O)C(O)c1ccccc1.O=C(O)C(O)c1ccccc1.[Hf]. The number of aliphatic hydroxyl groups is 4. The fourth-order valence-corrected chi connectivity index (χ4v) is 3.11. The maximum absolute atomic E-state index is 10.2. The Morgan fingerprint density at radius 3 is 0.578 bits per heavy atom. The van der Waals surface area contributed by atoms with Crippen LogP contribution in [0, 0.1) is 0 Å². The summed E-state index contributed by atoms with van der Waals surface area (Å²) in [5.41, 5.74) is 1.61. The first kappa shape index (κ1) is 40.5. The Bertz CT molecular complexity index is 1200. The molecular formula is C32H32HfO12. The minimum atomic E-state index is -1.41. The van der Waals surface area contributed by atoms with Gasteiger partial charge in [-0.05, 0) is 22.3 Å². The Kier molecular flexibility index (Phi) is 19.8. The van der Waals surface area contributed by atoms with E-state index in [0.717, 1.165) is 0 Å². The Labute approximate surface area is 276 Å². The molecular weight excluding hydrogens is 755 g/mol. The first-order valence-electron chi connectivity index (χ1n) is 12.7. The average Bonchev–Trinajstić information content (AvgIpc) is 3.05. The Hall–Kier alpha value is -4.53. The van der Waals surface area contributed by atoms with Crippen LogP contribution in [0.5, 0.6) is 0 Å². The molecule has 13 heteroatoms. The van der Waals surface area contributed by atoms with Gasteiger partial charge in [0.15, 0.2) is 24.4 Å². The van der Waals surface area contributed by atoms with Crippen LogP contribution in [-0.2, 0) is 45.0 Å². The molecule has 0 spiro atoms. The zero-order valence-corrected chi connectivity index (χ0v) is 27.2. The molecule has 12 nitrogen and oxygen atoms in total. The van der Waals surface area contributed by atoms with E-state index in [0.29, 0.717) is 22.3 Å². The van der Waals surface area contributed by atoms with Gasteiger partial charge in [-0.25, -0.2) is 19.2 Å². The van der Waals surface area contributed by atoms with Crippen molar-refractivity contribution in [2.45, 2.75) is 24.4 Å². The molecule has 0 bridgehead atoms. The van der Waals surface area contributed by atoms with Crippen molar-refractivity contribution in [1.82, 2.24) is 0 Å². The Balaban J connectivity index is 0.000000569. The Morgan fingerprint density at radius 1 is 0.333 bits per heavy atom. The van der Waals surface area contributed by atoms with Crippen molar-refractivity contribution >= 4 is 23.9 Å². The minimum Gasteiger partial charge on any atom is -0.479 e. The zero-order chi connectivity index (χ0) is 33.1. The van der Waals surface area contributed by atoms with Crippen molar-refractivity contribution in [3.05, 3.63) is 144 Å². The normalized spacial score (nSPS) is 12.2. The molecule has 4 rings (SSSR count). The van der Waals surface area contributed by atoms with Gasteiger partial charge in [0, 0.05) is 25.8 Å². The molecule has 0 saturated carbocycles. The van der Waals surface area contributed by atoms with Crippen molar-refractivity contribution in [3.8, 4) is 0 Å². The maximum Gasteiger partial charge on any atom is 0.337 e. The topological polar surface area (TPSA) is 230 Å². The molecule has 236 valence electrons. The number of aliphatic carboxylic acids is 4. The van der Waals surface area contributed by atoms with E-state index >= 15 is 0 Å².